The minimum absolute atomic E-state index is 0.471. The zero-order valence-corrected chi connectivity index (χ0v) is 13.7. The predicted molar refractivity (Wildman–Crippen MR) is 83.4 cm³/mol. The molecule has 0 amide bonds. The number of likely N-dealkylation sites (tertiary alicyclic amines) is 1. The Balaban J connectivity index is 2.05. The van der Waals surface area contributed by atoms with E-state index in [1.54, 1.807) is 0 Å². The van der Waals surface area contributed by atoms with Gasteiger partial charge in [-0.2, -0.15) is 0 Å². The summed E-state index contributed by atoms with van der Waals surface area (Å²) < 4.78 is 0. The zero-order valence-electron chi connectivity index (χ0n) is 13.7. The third-order valence-electron chi connectivity index (χ3n) is 5.57. The SMILES string of the molecule is CNC1CCC(C(C)(C)C)CC1N1CCCC(C)C1. The third kappa shape index (κ3) is 3.72. The molecule has 0 bridgehead atoms. The highest BCUT2D eigenvalue weighted by atomic mass is 15.2. The van der Waals surface area contributed by atoms with Crippen LogP contribution in [0.3, 0.4) is 0 Å². The van der Waals surface area contributed by atoms with E-state index in [-0.39, 0.29) is 0 Å². The molecule has 1 aliphatic carbocycles. The van der Waals surface area contributed by atoms with E-state index in [9.17, 15) is 0 Å². The standard InChI is InChI=1S/C17H34N2/c1-13-7-6-10-19(12-13)16-11-14(17(2,3)4)8-9-15(16)18-5/h13-16,18H,6-12H2,1-5H3. The van der Waals surface area contributed by atoms with E-state index >= 15 is 0 Å². The zero-order chi connectivity index (χ0) is 14.0. The molecular formula is C17H34N2. The number of rotatable bonds is 2. The van der Waals surface area contributed by atoms with Crippen molar-refractivity contribution in [3.63, 3.8) is 0 Å². The summed E-state index contributed by atoms with van der Waals surface area (Å²) in [6, 6.07) is 1.48. The molecule has 19 heavy (non-hydrogen) atoms. The first-order valence-corrected chi connectivity index (χ1v) is 8.33. The minimum atomic E-state index is 0.471. The Kier molecular flexibility index (Phi) is 4.94. The fourth-order valence-electron chi connectivity index (χ4n) is 4.20. The normalized spacial score (nSPS) is 38.4. The van der Waals surface area contributed by atoms with Crippen molar-refractivity contribution in [2.45, 2.75) is 71.9 Å². The molecule has 2 aliphatic rings. The fraction of sp³-hybridized carbons (Fsp3) is 1.00. The van der Waals surface area contributed by atoms with E-state index in [1.165, 1.54) is 45.2 Å². The molecule has 1 saturated heterocycles. The van der Waals surface area contributed by atoms with Crippen LogP contribution in [-0.4, -0.2) is 37.1 Å². The van der Waals surface area contributed by atoms with Crippen molar-refractivity contribution < 1.29 is 0 Å². The van der Waals surface area contributed by atoms with Gasteiger partial charge in [0, 0.05) is 18.6 Å². The average Bonchev–Trinajstić information content (AvgIpc) is 2.37. The maximum Gasteiger partial charge on any atom is 0.0252 e. The van der Waals surface area contributed by atoms with Gasteiger partial charge in [0.05, 0.1) is 0 Å². The molecule has 1 aliphatic heterocycles. The molecule has 4 unspecified atom stereocenters. The lowest BCUT2D eigenvalue weighted by atomic mass is 9.69. The van der Waals surface area contributed by atoms with Crippen molar-refractivity contribution in [2.75, 3.05) is 20.1 Å². The number of hydrogen-bond acceptors (Lipinski definition) is 2. The molecule has 2 fully saturated rings. The third-order valence-corrected chi connectivity index (χ3v) is 5.57. The highest BCUT2D eigenvalue weighted by molar-refractivity contribution is 4.94. The molecule has 0 spiro atoms. The molecular weight excluding hydrogens is 232 g/mol. The summed E-state index contributed by atoms with van der Waals surface area (Å²) in [6.45, 7) is 12.3. The van der Waals surface area contributed by atoms with Crippen LogP contribution >= 0.6 is 0 Å². The van der Waals surface area contributed by atoms with Crippen LogP contribution in [0.4, 0.5) is 0 Å². The van der Waals surface area contributed by atoms with E-state index < -0.39 is 0 Å². The number of nitrogens with zero attached hydrogens (tertiary/aromatic N) is 1. The topological polar surface area (TPSA) is 15.3 Å². The Morgan fingerprint density at radius 2 is 1.84 bits per heavy atom. The number of likely N-dealkylation sites (N-methyl/N-ethyl adjacent to an activating group) is 1. The van der Waals surface area contributed by atoms with Crippen molar-refractivity contribution in [3.8, 4) is 0 Å². The van der Waals surface area contributed by atoms with Gasteiger partial charge in [0.2, 0.25) is 0 Å². The maximum absolute atomic E-state index is 3.60. The molecule has 2 heteroatoms. The number of nitrogens with one attached hydrogen (secondary N) is 1. The van der Waals surface area contributed by atoms with Crippen LogP contribution in [0, 0.1) is 17.3 Å². The second-order valence-corrected chi connectivity index (χ2v) is 8.08. The van der Waals surface area contributed by atoms with Crippen LogP contribution in [-0.2, 0) is 0 Å². The molecule has 0 aromatic rings. The van der Waals surface area contributed by atoms with E-state index in [4.69, 9.17) is 0 Å². The summed E-state index contributed by atoms with van der Waals surface area (Å²) in [5, 5.41) is 3.60. The monoisotopic (exact) mass is 266 g/mol. The molecule has 0 aromatic carbocycles. The lowest BCUT2D eigenvalue weighted by Gasteiger charge is -2.48. The summed E-state index contributed by atoms with van der Waals surface area (Å²) in [5.74, 6) is 1.78. The second-order valence-electron chi connectivity index (χ2n) is 8.08. The molecule has 0 radical (unpaired) electrons. The van der Waals surface area contributed by atoms with Gasteiger partial charge in [0.15, 0.2) is 0 Å². The van der Waals surface area contributed by atoms with Crippen LogP contribution in [0.25, 0.3) is 0 Å². The Morgan fingerprint density at radius 3 is 2.42 bits per heavy atom. The first-order valence-electron chi connectivity index (χ1n) is 8.33. The van der Waals surface area contributed by atoms with Gasteiger partial charge >= 0.3 is 0 Å². The second kappa shape index (κ2) is 6.13. The van der Waals surface area contributed by atoms with Crippen LogP contribution < -0.4 is 5.32 Å². The Hall–Kier alpha value is -0.0800. The number of piperidine rings is 1. The number of hydrogen-bond donors (Lipinski definition) is 1. The first kappa shape index (κ1) is 15.3. The molecule has 4 atom stereocenters. The molecule has 1 N–H and O–H groups in total. The van der Waals surface area contributed by atoms with Gasteiger partial charge in [-0.1, -0.05) is 27.7 Å². The highest BCUT2D eigenvalue weighted by Gasteiger charge is 2.38. The predicted octanol–water partition coefficient (Wildman–Crippen LogP) is 3.52. The van der Waals surface area contributed by atoms with Crippen LogP contribution in [0.2, 0.25) is 0 Å². The Labute approximate surface area is 120 Å². The van der Waals surface area contributed by atoms with E-state index in [2.05, 4.69) is 45.0 Å². The van der Waals surface area contributed by atoms with Crippen molar-refractivity contribution in [3.05, 3.63) is 0 Å². The van der Waals surface area contributed by atoms with Gasteiger partial charge in [-0.3, -0.25) is 4.90 Å². The first-order chi connectivity index (χ1) is 8.91. The van der Waals surface area contributed by atoms with Gasteiger partial charge in [-0.15, -0.1) is 0 Å². The fourth-order valence-corrected chi connectivity index (χ4v) is 4.20. The smallest absolute Gasteiger partial charge is 0.0252 e. The van der Waals surface area contributed by atoms with Crippen LogP contribution in [0.15, 0.2) is 0 Å². The van der Waals surface area contributed by atoms with Gasteiger partial charge in [0.25, 0.3) is 0 Å². The summed E-state index contributed by atoms with van der Waals surface area (Å²) in [6.07, 6.45) is 6.97. The Morgan fingerprint density at radius 1 is 1.11 bits per heavy atom. The largest absolute Gasteiger partial charge is 0.315 e. The lowest BCUT2D eigenvalue weighted by Crippen LogP contribution is -2.55. The van der Waals surface area contributed by atoms with Gasteiger partial charge < -0.3 is 5.32 Å². The summed E-state index contributed by atoms with van der Waals surface area (Å²) in [4.78, 5) is 2.80. The minimum Gasteiger partial charge on any atom is -0.315 e. The van der Waals surface area contributed by atoms with Crippen molar-refractivity contribution in [1.82, 2.24) is 10.2 Å². The summed E-state index contributed by atoms with van der Waals surface area (Å²) in [7, 11) is 2.16. The van der Waals surface area contributed by atoms with Crippen LogP contribution in [0.5, 0.6) is 0 Å². The molecule has 1 heterocycles. The van der Waals surface area contributed by atoms with Crippen molar-refractivity contribution in [1.29, 1.82) is 0 Å². The van der Waals surface area contributed by atoms with E-state index in [0.29, 0.717) is 11.5 Å². The summed E-state index contributed by atoms with van der Waals surface area (Å²) in [5.41, 5.74) is 0.471. The average molecular weight is 266 g/mol. The molecule has 1 saturated carbocycles. The van der Waals surface area contributed by atoms with Gasteiger partial charge in [-0.05, 0) is 62.9 Å². The van der Waals surface area contributed by atoms with Crippen LogP contribution in [0.1, 0.15) is 59.8 Å². The maximum atomic E-state index is 3.60. The summed E-state index contributed by atoms with van der Waals surface area (Å²) >= 11 is 0. The van der Waals surface area contributed by atoms with Crippen molar-refractivity contribution >= 4 is 0 Å². The molecule has 112 valence electrons. The molecule has 0 aromatic heterocycles. The highest BCUT2D eigenvalue weighted by Crippen LogP contribution is 2.40. The quantitative estimate of drug-likeness (QED) is 0.822. The van der Waals surface area contributed by atoms with Crippen molar-refractivity contribution in [2.24, 2.45) is 17.3 Å². The van der Waals surface area contributed by atoms with E-state index in [1.807, 2.05) is 0 Å². The Bertz CT molecular complexity index is 281. The van der Waals surface area contributed by atoms with Gasteiger partial charge in [0.1, 0.15) is 0 Å². The lowest BCUT2D eigenvalue weighted by molar-refractivity contribution is 0.0375. The van der Waals surface area contributed by atoms with E-state index in [0.717, 1.165) is 17.9 Å². The van der Waals surface area contributed by atoms with Gasteiger partial charge in [-0.25, -0.2) is 0 Å². The molecule has 2 nitrogen and oxygen atoms in total. The molecule has 2 rings (SSSR count).